The Hall–Kier alpha value is -4.49. The first-order valence-corrected chi connectivity index (χ1v) is 16.0. The number of halogens is 4. The highest BCUT2D eigenvalue weighted by Crippen LogP contribution is 2.39. The number of alkyl halides is 3. The van der Waals surface area contributed by atoms with Crippen molar-refractivity contribution in [3.05, 3.63) is 80.5 Å². The van der Waals surface area contributed by atoms with Gasteiger partial charge >= 0.3 is 6.18 Å². The second kappa shape index (κ2) is 14.7. The molecule has 1 amide bonds. The van der Waals surface area contributed by atoms with Gasteiger partial charge in [0.05, 0.1) is 40.9 Å². The van der Waals surface area contributed by atoms with Crippen LogP contribution in [-0.4, -0.2) is 52.2 Å². The summed E-state index contributed by atoms with van der Waals surface area (Å²) in [7, 11) is 0. The van der Waals surface area contributed by atoms with Gasteiger partial charge in [-0.2, -0.15) is 13.2 Å². The molecule has 6 rings (SSSR count). The van der Waals surface area contributed by atoms with Crippen molar-refractivity contribution in [2.45, 2.75) is 70.5 Å². The van der Waals surface area contributed by atoms with E-state index in [4.69, 9.17) is 26.2 Å². The molecule has 2 aliphatic rings. The highest BCUT2D eigenvalue weighted by molar-refractivity contribution is 6.35. The summed E-state index contributed by atoms with van der Waals surface area (Å²) >= 11 is 6.60. The van der Waals surface area contributed by atoms with Gasteiger partial charge in [0.25, 0.3) is 11.5 Å². The number of nitrogens with zero attached hydrogens (tertiary/aromatic N) is 2. The number of carboxylic acid groups (broad SMARTS) is 1. The van der Waals surface area contributed by atoms with Crippen LogP contribution in [0.15, 0.2) is 47.4 Å². The number of amides is 1. The molecule has 2 aromatic carbocycles. The van der Waals surface area contributed by atoms with Gasteiger partial charge in [-0.1, -0.05) is 40.9 Å². The van der Waals surface area contributed by atoms with Gasteiger partial charge in [0.2, 0.25) is 0 Å². The Labute approximate surface area is 279 Å². The lowest BCUT2D eigenvalue weighted by Gasteiger charge is -2.21. The molecule has 1 atom stereocenters. The standard InChI is InChI=1S/C32H34ClN5O3.C2HF3O2/c1-18-13-19(2)15-21(14-18)28-29(41-12-9-22-5-3-4-10-34-22)24-16-23(25(33)17-26(24)36-32(28)40)31(39)38-27-8-11-35-30(37-27)20-6-7-20;3-2(4,5)1(6)7/h8,11,13-17,20,22,34H,3-7,9-10,12H2,1-2H3,(H,36,40)(H,35,37,38,39);(H,6,7). The van der Waals surface area contributed by atoms with Crippen LogP contribution in [-0.2, 0) is 4.79 Å². The number of aromatic nitrogens is 3. The molecular formula is C34H35ClF3N5O5. The van der Waals surface area contributed by atoms with Crippen LogP contribution in [0.4, 0.5) is 19.0 Å². The highest BCUT2D eigenvalue weighted by atomic mass is 35.5. The Bertz CT molecular complexity index is 1870. The minimum absolute atomic E-state index is 0.226. The van der Waals surface area contributed by atoms with Crippen LogP contribution < -0.4 is 26.0 Å². The van der Waals surface area contributed by atoms with E-state index in [0.717, 1.165) is 54.7 Å². The van der Waals surface area contributed by atoms with E-state index in [-0.39, 0.29) is 22.1 Å². The van der Waals surface area contributed by atoms with Crippen molar-refractivity contribution in [1.82, 2.24) is 15.0 Å². The van der Waals surface area contributed by atoms with Crippen molar-refractivity contribution in [3.63, 3.8) is 0 Å². The van der Waals surface area contributed by atoms with E-state index >= 15 is 0 Å². The fraction of sp³-hybridized carbons (Fsp3) is 0.382. The predicted octanol–water partition coefficient (Wildman–Crippen LogP) is 4.57. The number of carboxylic acids is 1. The topological polar surface area (TPSA) is 154 Å². The molecule has 2 fully saturated rings. The van der Waals surface area contributed by atoms with E-state index in [9.17, 15) is 22.8 Å². The first kappa shape index (κ1) is 34.8. The Morgan fingerprint density at radius 1 is 1.10 bits per heavy atom. The number of carbonyl (C=O) groups excluding carboxylic acids is 2. The molecule has 0 spiro atoms. The van der Waals surface area contributed by atoms with Crippen LogP contribution in [0.3, 0.4) is 0 Å². The fourth-order valence-electron chi connectivity index (χ4n) is 5.75. The van der Waals surface area contributed by atoms with Crippen molar-refractivity contribution in [2.75, 3.05) is 18.5 Å². The van der Waals surface area contributed by atoms with Crippen LogP contribution in [0.1, 0.15) is 71.8 Å². The average molecular weight is 686 g/mol. The lowest BCUT2D eigenvalue weighted by molar-refractivity contribution is -0.698. The smallest absolute Gasteiger partial charge is 0.430 e. The maximum Gasteiger partial charge on any atom is 0.430 e. The quantitative estimate of drug-likeness (QED) is 0.246. The number of aromatic amines is 1. The zero-order valence-corrected chi connectivity index (χ0v) is 27.1. The zero-order valence-electron chi connectivity index (χ0n) is 26.4. The van der Waals surface area contributed by atoms with Gasteiger partial charge in [-0.25, -0.2) is 9.97 Å². The van der Waals surface area contributed by atoms with E-state index in [2.05, 4.69) is 31.7 Å². The summed E-state index contributed by atoms with van der Waals surface area (Å²) in [4.78, 5) is 47.6. The Kier molecular flexibility index (Phi) is 10.7. The summed E-state index contributed by atoms with van der Waals surface area (Å²) in [5.74, 6) is -1.39. The number of rotatable bonds is 8. The van der Waals surface area contributed by atoms with E-state index in [0.29, 0.717) is 46.6 Å². The third kappa shape index (κ3) is 8.70. The van der Waals surface area contributed by atoms with Crippen molar-refractivity contribution < 1.29 is 37.9 Å². The predicted molar refractivity (Wildman–Crippen MR) is 172 cm³/mol. The molecule has 1 unspecified atom stereocenters. The molecule has 1 saturated carbocycles. The average Bonchev–Trinajstić information content (AvgIpc) is 3.87. The Morgan fingerprint density at radius 2 is 1.81 bits per heavy atom. The number of aryl methyl sites for hydroxylation is 2. The van der Waals surface area contributed by atoms with E-state index in [1.165, 1.54) is 12.8 Å². The first-order chi connectivity index (χ1) is 22.8. The molecule has 48 heavy (non-hydrogen) atoms. The Morgan fingerprint density at radius 3 is 2.44 bits per heavy atom. The number of pyridine rings is 1. The van der Waals surface area contributed by atoms with Gasteiger partial charge in [0.1, 0.15) is 23.4 Å². The molecule has 4 N–H and O–H groups in total. The number of anilines is 1. The van der Waals surface area contributed by atoms with Crippen molar-refractivity contribution in [2.24, 2.45) is 0 Å². The Balaban J connectivity index is 0.000000582. The minimum atomic E-state index is -5.19. The van der Waals surface area contributed by atoms with Crippen LogP contribution in [0.25, 0.3) is 22.0 Å². The summed E-state index contributed by atoms with van der Waals surface area (Å²) < 4.78 is 38.0. The van der Waals surface area contributed by atoms with E-state index in [1.54, 1.807) is 24.4 Å². The molecule has 254 valence electrons. The van der Waals surface area contributed by atoms with Gasteiger partial charge in [-0.3, -0.25) is 9.59 Å². The molecule has 1 aliphatic heterocycles. The van der Waals surface area contributed by atoms with Gasteiger partial charge in [-0.05, 0) is 69.7 Å². The number of nitrogens with one attached hydrogen (secondary N) is 2. The van der Waals surface area contributed by atoms with Gasteiger partial charge in [0, 0.05) is 23.9 Å². The largest absolute Gasteiger partial charge is 0.542 e. The zero-order chi connectivity index (χ0) is 34.6. The third-order valence-corrected chi connectivity index (χ3v) is 8.48. The summed E-state index contributed by atoms with van der Waals surface area (Å²) in [6.07, 6.45) is 3.11. The number of quaternary nitrogens is 1. The summed E-state index contributed by atoms with van der Waals surface area (Å²) in [6.45, 7) is 5.62. The maximum absolute atomic E-state index is 13.5. The van der Waals surface area contributed by atoms with Crippen LogP contribution in [0.5, 0.6) is 5.75 Å². The number of carbonyl (C=O) groups is 2. The van der Waals surface area contributed by atoms with Crippen LogP contribution in [0, 0.1) is 13.8 Å². The molecule has 3 heterocycles. The minimum Gasteiger partial charge on any atom is -0.542 e. The number of hydrogen-bond acceptors (Lipinski definition) is 7. The molecule has 10 nitrogen and oxygen atoms in total. The molecule has 2 aromatic heterocycles. The first-order valence-electron chi connectivity index (χ1n) is 15.7. The molecule has 1 saturated heterocycles. The third-order valence-electron chi connectivity index (χ3n) is 8.16. The van der Waals surface area contributed by atoms with Gasteiger partial charge in [-0.15, -0.1) is 0 Å². The SMILES string of the molecule is Cc1cc(C)cc(-c2c(OCCC3CCCC[NH2+]3)c3cc(C(=O)Nc4ccnc(C5CC5)n4)c(Cl)cc3[nH]c2=O)c1.O=C([O-])C(F)(F)F. The number of H-pyrrole nitrogens is 1. The molecule has 4 aromatic rings. The number of aliphatic carboxylic acids is 1. The second-order valence-corrected chi connectivity index (χ2v) is 12.6. The molecule has 0 bridgehead atoms. The van der Waals surface area contributed by atoms with Crippen molar-refractivity contribution >= 4 is 40.2 Å². The van der Waals surface area contributed by atoms with E-state index in [1.807, 2.05) is 26.0 Å². The fourth-order valence-corrected chi connectivity index (χ4v) is 6.00. The molecule has 0 radical (unpaired) electrons. The monoisotopic (exact) mass is 685 g/mol. The van der Waals surface area contributed by atoms with Gasteiger partial charge in [0.15, 0.2) is 0 Å². The van der Waals surface area contributed by atoms with Gasteiger partial charge < -0.3 is 30.3 Å². The van der Waals surface area contributed by atoms with E-state index < -0.39 is 12.1 Å². The normalized spacial score (nSPS) is 16.2. The number of ether oxygens (including phenoxy) is 1. The summed E-state index contributed by atoms with van der Waals surface area (Å²) in [5, 5.41) is 14.9. The molecular weight excluding hydrogens is 651 g/mol. The number of fused-ring (bicyclic) bond motifs is 1. The lowest BCUT2D eigenvalue weighted by Crippen LogP contribution is -2.91. The number of hydrogen-bond donors (Lipinski definition) is 3. The lowest BCUT2D eigenvalue weighted by atomic mass is 9.98. The second-order valence-electron chi connectivity index (χ2n) is 12.1. The van der Waals surface area contributed by atoms with Crippen LogP contribution in [0.2, 0.25) is 5.02 Å². The van der Waals surface area contributed by atoms with Crippen molar-refractivity contribution in [1.29, 1.82) is 0 Å². The summed E-state index contributed by atoms with van der Waals surface area (Å²) in [6, 6.07) is 11.6. The maximum atomic E-state index is 13.5. The molecule has 14 heteroatoms. The summed E-state index contributed by atoms with van der Waals surface area (Å²) in [5.41, 5.74) is 3.86. The van der Waals surface area contributed by atoms with Crippen LogP contribution >= 0.6 is 11.6 Å². The molecule has 1 aliphatic carbocycles. The number of benzene rings is 2. The number of piperidine rings is 1. The highest BCUT2D eigenvalue weighted by Gasteiger charge is 2.29. The van der Waals surface area contributed by atoms with Crippen molar-refractivity contribution in [3.8, 4) is 16.9 Å². The number of nitrogens with two attached hydrogens (primary N) is 1.